The largest absolute Gasteiger partial charge is 0.266 e. The van der Waals surface area contributed by atoms with E-state index >= 15 is 0 Å². The summed E-state index contributed by atoms with van der Waals surface area (Å²) in [4.78, 5) is 0. The van der Waals surface area contributed by atoms with Gasteiger partial charge in [-0.1, -0.05) is 7.43 Å². The molecule has 0 atom stereocenters. The van der Waals surface area contributed by atoms with Gasteiger partial charge in [-0.3, -0.25) is 15.6 Å². The lowest BCUT2D eigenvalue weighted by atomic mass is 12.0. The Morgan fingerprint density at radius 1 is 1.00 bits per heavy atom. The van der Waals surface area contributed by atoms with Crippen molar-refractivity contribution in [2.75, 3.05) is 0 Å². The van der Waals surface area contributed by atoms with E-state index in [0.29, 0.717) is 0 Å². The molecule has 0 bridgehead atoms. The third-order valence-corrected chi connectivity index (χ3v) is 0. The normalized spacial score (nSPS) is 7.20. The minimum atomic E-state index is -1.00. The highest BCUT2D eigenvalue weighted by Gasteiger charge is 1.64. The molecule has 0 unspecified atom stereocenters. The number of nitrogens with zero attached hydrogens (tertiary/aromatic N) is 1. The van der Waals surface area contributed by atoms with Gasteiger partial charge in [0, 0.05) is 0 Å². The first-order valence-electron chi connectivity index (χ1n) is 0.600. The molecule has 0 aromatic rings. The maximum absolute atomic E-state index is 7.00. The van der Waals surface area contributed by atoms with Crippen molar-refractivity contribution >= 4 is 0 Å². The summed E-state index contributed by atoms with van der Waals surface area (Å²) in [6.07, 6.45) is 0. The first-order valence-corrected chi connectivity index (χ1v) is 0.600. The smallest absolute Gasteiger partial charge is 0.0685 e. The predicted molar refractivity (Wildman–Crippen MR) is 13.9 cm³/mol. The Hall–Kier alpha value is -0.160. The van der Waals surface area contributed by atoms with Crippen LogP contribution in [0.3, 0.4) is 0 Å². The molecule has 4 nitrogen and oxygen atoms in total. The van der Waals surface area contributed by atoms with Gasteiger partial charge in [0.25, 0.3) is 0 Å². The molecular formula is CH7NO3. The minimum absolute atomic E-state index is 0. The SMILES string of the molecule is C.ON(O)O. The van der Waals surface area contributed by atoms with E-state index in [1.54, 1.807) is 0 Å². The predicted octanol–water partition coefficient (Wildman–Crippen LogP) is 0.0921. The van der Waals surface area contributed by atoms with Crippen molar-refractivity contribution in [3.8, 4) is 0 Å². The molecule has 0 saturated carbocycles. The molecule has 0 radical (unpaired) electrons. The van der Waals surface area contributed by atoms with Gasteiger partial charge in [0.2, 0.25) is 0 Å². The fraction of sp³-hybridized carbons (Fsp3) is 1.00. The Morgan fingerprint density at radius 2 is 1.00 bits per heavy atom. The average molecular weight is 81.1 g/mol. The van der Waals surface area contributed by atoms with E-state index in [1.165, 1.54) is 0 Å². The molecule has 0 amide bonds. The van der Waals surface area contributed by atoms with Crippen LogP contribution in [0.25, 0.3) is 0 Å². The Morgan fingerprint density at radius 3 is 1.00 bits per heavy atom. The Labute approximate surface area is 29.7 Å². The summed E-state index contributed by atoms with van der Waals surface area (Å²) in [6, 6.07) is 0. The summed E-state index contributed by atoms with van der Waals surface area (Å²) in [5, 5.41) is 20.0. The molecule has 4 heteroatoms. The minimum Gasteiger partial charge on any atom is -0.266 e. The van der Waals surface area contributed by atoms with Crippen molar-refractivity contribution in [1.82, 2.24) is 5.39 Å². The second kappa shape index (κ2) is 3.84. The summed E-state index contributed by atoms with van der Waals surface area (Å²) in [5.41, 5.74) is 0. The van der Waals surface area contributed by atoms with Gasteiger partial charge in [0.1, 0.15) is 0 Å². The number of rotatable bonds is 0. The lowest BCUT2D eigenvalue weighted by molar-refractivity contribution is -0.472. The second-order valence-electron chi connectivity index (χ2n) is 0.268. The van der Waals surface area contributed by atoms with Gasteiger partial charge in [-0.05, 0) is 0 Å². The van der Waals surface area contributed by atoms with Crippen LogP contribution in [0, 0.1) is 0 Å². The van der Waals surface area contributed by atoms with Crippen LogP contribution in [-0.4, -0.2) is 21.0 Å². The summed E-state index contributed by atoms with van der Waals surface area (Å²) in [5.74, 6) is 0. The zero-order valence-corrected chi connectivity index (χ0v) is 1.79. The molecule has 0 spiro atoms. The first kappa shape index (κ1) is 8.85. The van der Waals surface area contributed by atoms with Gasteiger partial charge in [-0.2, -0.15) is 0 Å². The highest BCUT2D eigenvalue weighted by Crippen LogP contribution is 1.43. The Bertz CT molecular complexity index is 11.6. The monoisotopic (exact) mass is 81.0 g/mol. The van der Waals surface area contributed by atoms with Gasteiger partial charge < -0.3 is 0 Å². The molecule has 0 fully saturated rings. The van der Waals surface area contributed by atoms with Crippen LogP contribution >= 0.6 is 0 Å². The third-order valence-electron chi connectivity index (χ3n) is 0. The van der Waals surface area contributed by atoms with Gasteiger partial charge in [-0.15, -0.1) is 0 Å². The topological polar surface area (TPSA) is 63.9 Å². The van der Waals surface area contributed by atoms with E-state index in [0.717, 1.165) is 0 Å². The molecule has 0 aromatic heterocycles. The van der Waals surface area contributed by atoms with Crippen molar-refractivity contribution in [1.29, 1.82) is 0 Å². The molecule has 0 aromatic carbocycles. The molecule has 0 saturated heterocycles. The summed E-state index contributed by atoms with van der Waals surface area (Å²) >= 11 is 0. The number of hydrogen-bond acceptors (Lipinski definition) is 4. The molecule has 34 valence electrons. The van der Waals surface area contributed by atoms with E-state index in [2.05, 4.69) is 0 Å². The quantitative estimate of drug-likeness (QED) is 0.362. The molecule has 0 aliphatic heterocycles. The van der Waals surface area contributed by atoms with Gasteiger partial charge in [0.05, 0.1) is 5.39 Å². The third kappa shape index (κ3) is 508. The molecule has 3 N–H and O–H groups in total. The van der Waals surface area contributed by atoms with E-state index in [1.807, 2.05) is 0 Å². The summed E-state index contributed by atoms with van der Waals surface area (Å²) in [7, 11) is 0. The van der Waals surface area contributed by atoms with Crippen molar-refractivity contribution in [3.05, 3.63) is 0 Å². The van der Waals surface area contributed by atoms with Gasteiger partial charge in [0.15, 0.2) is 0 Å². The van der Waals surface area contributed by atoms with Crippen molar-refractivity contribution < 1.29 is 15.6 Å². The van der Waals surface area contributed by atoms with E-state index in [9.17, 15) is 0 Å². The maximum Gasteiger partial charge on any atom is 0.0685 e. The Kier molecular flexibility index (Phi) is 6.80. The van der Waals surface area contributed by atoms with E-state index in [-0.39, 0.29) is 7.43 Å². The first-order chi connectivity index (χ1) is 1.73. The zero-order chi connectivity index (χ0) is 3.58. The van der Waals surface area contributed by atoms with Crippen molar-refractivity contribution in [3.63, 3.8) is 0 Å². The number of hydrogen-bond donors (Lipinski definition) is 3. The summed E-state index contributed by atoms with van der Waals surface area (Å²) < 4.78 is 0. The average Bonchev–Trinajstić information content (AvgIpc) is 0.811. The van der Waals surface area contributed by atoms with Crippen LogP contribution < -0.4 is 0 Å². The van der Waals surface area contributed by atoms with Crippen LogP contribution in [-0.2, 0) is 0 Å². The second-order valence-corrected chi connectivity index (χ2v) is 0.268. The molecule has 0 aliphatic rings. The standard InChI is InChI=1S/CH4.H3NO3/c;2-1(3)4/h1H4;2-4H. The van der Waals surface area contributed by atoms with Gasteiger partial charge >= 0.3 is 0 Å². The van der Waals surface area contributed by atoms with Crippen LogP contribution in [0.1, 0.15) is 7.43 Å². The molecule has 0 aliphatic carbocycles. The molecule has 0 rings (SSSR count). The lowest BCUT2D eigenvalue weighted by Crippen LogP contribution is -2.04. The fourth-order valence-corrected chi connectivity index (χ4v) is 0. The summed E-state index contributed by atoms with van der Waals surface area (Å²) in [6.45, 7) is 0. The highest BCUT2D eigenvalue weighted by atomic mass is 17.0. The Balaban J connectivity index is 0. The van der Waals surface area contributed by atoms with E-state index < -0.39 is 5.39 Å². The maximum atomic E-state index is 7.00. The zero-order valence-electron chi connectivity index (χ0n) is 1.79. The lowest BCUT2D eigenvalue weighted by Gasteiger charge is -1.84. The fourth-order valence-electron chi connectivity index (χ4n) is 0. The molecule has 0 heterocycles. The van der Waals surface area contributed by atoms with Crippen LogP contribution in [0.5, 0.6) is 0 Å². The highest BCUT2D eigenvalue weighted by molar-refractivity contribution is 3.14. The van der Waals surface area contributed by atoms with Crippen molar-refractivity contribution in [2.24, 2.45) is 0 Å². The van der Waals surface area contributed by atoms with Crippen LogP contribution in [0.15, 0.2) is 0 Å². The van der Waals surface area contributed by atoms with Gasteiger partial charge in [-0.25, -0.2) is 0 Å². The van der Waals surface area contributed by atoms with Crippen LogP contribution in [0.2, 0.25) is 0 Å². The molecule has 5 heavy (non-hydrogen) atoms. The molecular weight excluding hydrogens is 74.0 g/mol. The van der Waals surface area contributed by atoms with Crippen molar-refractivity contribution in [2.45, 2.75) is 7.43 Å². The van der Waals surface area contributed by atoms with E-state index in [4.69, 9.17) is 15.6 Å². The van der Waals surface area contributed by atoms with Crippen LogP contribution in [0.4, 0.5) is 0 Å².